The highest BCUT2D eigenvalue weighted by Gasteiger charge is 2.16. The van der Waals surface area contributed by atoms with E-state index in [1.165, 1.54) is 11.3 Å². The highest BCUT2D eigenvalue weighted by molar-refractivity contribution is 7.14. The second kappa shape index (κ2) is 7.02. The van der Waals surface area contributed by atoms with Crippen molar-refractivity contribution in [2.24, 2.45) is 5.10 Å². The minimum absolute atomic E-state index is 0.431. The molecule has 0 atom stereocenters. The summed E-state index contributed by atoms with van der Waals surface area (Å²) in [4.78, 5) is 4.30. The standard InChI is InChI=1S/C16H9ClF3N3S/c17-11-6-12(18)10(14(19)15(11)20)7-21-23-16-22-13(8-24-16)9-4-2-1-3-5-9/h1-8H,(H,22,23). The van der Waals surface area contributed by atoms with Gasteiger partial charge < -0.3 is 0 Å². The summed E-state index contributed by atoms with van der Waals surface area (Å²) in [6.45, 7) is 0. The smallest absolute Gasteiger partial charge is 0.203 e. The van der Waals surface area contributed by atoms with Crippen molar-refractivity contribution in [1.82, 2.24) is 4.98 Å². The highest BCUT2D eigenvalue weighted by atomic mass is 35.5. The van der Waals surface area contributed by atoms with Crippen LogP contribution < -0.4 is 5.43 Å². The summed E-state index contributed by atoms with van der Waals surface area (Å²) in [5.41, 5.74) is 3.62. The molecule has 0 aliphatic heterocycles. The number of nitrogens with zero attached hydrogens (tertiary/aromatic N) is 2. The van der Waals surface area contributed by atoms with Crippen LogP contribution in [0.25, 0.3) is 11.3 Å². The van der Waals surface area contributed by atoms with E-state index in [1.54, 1.807) is 0 Å². The summed E-state index contributed by atoms with van der Waals surface area (Å²) in [5, 5.41) is 5.32. The van der Waals surface area contributed by atoms with Crippen LogP contribution in [-0.4, -0.2) is 11.2 Å². The Bertz CT molecular complexity index is 897. The molecular weight excluding hydrogens is 359 g/mol. The number of nitrogens with one attached hydrogen (secondary N) is 1. The molecule has 0 unspecified atom stereocenters. The van der Waals surface area contributed by atoms with Gasteiger partial charge in [0.2, 0.25) is 5.13 Å². The molecule has 3 nitrogen and oxygen atoms in total. The van der Waals surface area contributed by atoms with Crippen molar-refractivity contribution in [3.8, 4) is 11.3 Å². The van der Waals surface area contributed by atoms with Crippen molar-refractivity contribution < 1.29 is 13.2 Å². The van der Waals surface area contributed by atoms with Crippen molar-refractivity contribution in [1.29, 1.82) is 0 Å². The average Bonchev–Trinajstić information content (AvgIpc) is 3.06. The van der Waals surface area contributed by atoms with E-state index in [2.05, 4.69) is 15.5 Å². The molecule has 0 spiro atoms. The van der Waals surface area contributed by atoms with Crippen LogP contribution in [0.3, 0.4) is 0 Å². The Labute approximate surface area is 144 Å². The van der Waals surface area contributed by atoms with Gasteiger partial charge in [0.25, 0.3) is 0 Å². The Balaban J connectivity index is 1.76. The number of hydrogen-bond acceptors (Lipinski definition) is 4. The van der Waals surface area contributed by atoms with Crippen LogP contribution >= 0.6 is 22.9 Å². The molecule has 0 radical (unpaired) electrons. The first-order valence-electron chi connectivity index (χ1n) is 6.69. The number of halogens is 4. The van der Waals surface area contributed by atoms with E-state index in [1.807, 2.05) is 35.7 Å². The maximum Gasteiger partial charge on any atom is 0.203 e. The molecule has 1 heterocycles. The number of rotatable bonds is 4. The molecule has 0 aliphatic carbocycles. The van der Waals surface area contributed by atoms with Gasteiger partial charge in [-0.05, 0) is 6.07 Å². The van der Waals surface area contributed by atoms with Gasteiger partial charge in [0.05, 0.1) is 22.5 Å². The lowest BCUT2D eigenvalue weighted by atomic mass is 10.2. The van der Waals surface area contributed by atoms with Crippen LogP contribution in [-0.2, 0) is 0 Å². The quantitative estimate of drug-likeness (QED) is 0.293. The first-order chi connectivity index (χ1) is 11.6. The molecule has 3 rings (SSSR count). The number of anilines is 1. The van der Waals surface area contributed by atoms with Crippen molar-refractivity contribution >= 4 is 34.3 Å². The van der Waals surface area contributed by atoms with E-state index >= 15 is 0 Å². The second-order valence-corrected chi connectivity index (χ2v) is 5.92. The predicted octanol–water partition coefficient (Wildman–Crippen LogP) is 5.33. The summed E-state index contributed by atoms with van der Waals surface area (Å²) >= 11 is 6.63. The van der Waals surface area contributed by atoms with Gasteiger partial charge in [-0.15, -0.1) is 11.3 Å². The molecule has 0 amide bonds. The van der Waals surface area contributed by atoms with Gasteiger partial charge in [0.1, 0.15) is 5.82 Å². The van der Waals surface area contributed by atoms with E-state index in [0.29, 0.717) is 11.2 Å². The Hall–Kier alpha value is -2.38. The van der Waals surface area contributed by atoms with Crippen molar-refractivity contribution in [3.63, 3.8) is 0 Å². The largest absolute Gasteiger partial charge is 0.253 e. The molecule has 0 saturated heterocycles. The van der Waals surface area contributed by atoms with E-state index in [0.717, 1.165) is 17.5 Å². The van der Waals surface area contributed by atoms with E-state index in [-0.39, 0.29) is 0 Å². The summed E-state index contributed by atoms with van der Waals surface area (Å²) in [6, 6.07) is 10.2. The molecule has 2 aromatic carbocycles. The molecule has 0 fully saturated rings. The predicted molar refractivity (Wildman–Crippen MR) is 90.1 cm³/mol. The molecule has 0 bridgehead atoms. The lowest BCUT2D eigenvalue weighted by molar-refractivity contribution is 0.493. The van der Waals surface area contributed by atoms with Crippen LogP contribution in [0.2, 0.25) is 5.02 Å². The van der Waals surface area contributed by atoms with Gasteiger partial charge >= 0.3 is 0 Å². The zero-order chi connectivity index (χ0) is 17.1. The van der Waals surface area contributed by atoms with Crippen LogP contribution in [0.1, 0.15) is 5.56 Å². The minimum Gasteiger partial charge on any atom is -0.253 e. The fourth-order valence-corrected chi connectivity index (χ4v) is 2.76. The monoisotopic (exact) mass is 367 g/mol. The third-order valence-corrected chi connectivity index (χ3v) is 4.10. The summed E-state index contributed by atoms with van der Waals surface area (Å²) in [6.07, 6.45) is 0.841. The van der Waals surface area contributed by atoms with Crippen LogP contribution in [0, 0.1) is 17.5 Å². The van der Waals surface area contributed by atoms with E-state index in [9.17, 15) is 13.2 Å². The van der Waals surface area contributed by atoms with Gasteiger partial charge in [0.15, 0.2) is 11.6 Å². The Morgan fingerprint density at radius 3 is 2.62 bits per heavy atom. The van der Waals surface area contributed by atoms with Crippen LogP contribution in [0.4, 0.5) is 18.3 Å². The zero-order valence-corrected chi connectivity index (χ0v) is 13.5. The molecule has 1 N–H and O–H groups in total. The number of thiazole rings is 1. The van der Waals surface area contributed by atoms with Crippen molar-refractivity contribution in [3.05, 3.63) is 69.8 Å². The third-order valence-electron chi connectivity index (χ3n) is 3.08. The van der Waals surface area contributed by atoms with Gasteiger partial charge in [0, 0.05) is 10.9 Å². The summed E-state index contributed by atoms with van der Waals surface area (Å²) in [5.74, 6) is -3.72. The number of hydrogen-bond donors (Lipinski definition) is 1. The fraction of sp³-hybridized carbons (Fsp3) is 0. The first-order valence-corrected chi connectivity index (χ1v) is 7.95. The topological polar surface area (TPSA) is 37.3 Å². The minimum atomic E-state index is -1.39. The molecule has 122 valence electrons. The van der Waals surface area contributed by atoms with Gasteiger partial charge in [-0.1, -0.05) is 41.9 Å². The fourth-order valence-electron chi connectivity index (χ4n) is 1.92. The molecule has 0 saturated carbocycles. The van der Waals surface area contributed by atoms with Crippen molar-refractivity contribution in [2.45, 2.75) is 0 Å². The third kappa shape index (κ3) is 3.42. The van der Waals surface area contributed by atoms with Gasteiger partial charge in [-0.2, -0.15) is 5.10 Å². The number of hydrazone groups is 1. The van der Waals surface area contributed by atoms with Crippen molar-refractivity contribution in [2.75, 3.05) is 5.43 Å². The first kappa shape index (κ1) is 16.5. The normalized spacial score (nSPS) is 11.2. The SMILES string of the molecule is Fc1cc(Cl)c(F)c(F)c1C=NNc1nc(-c2ccccc2)cs1. The maximum absolute atomic E-state index is 13.6. The maximum atomic E-state index is 13.6. The summed E-state index contributed by atoms with van der Waals surface area (Å²) in [7, 11) is 0. The Morgan fingerprint density at radius 1 is 1.12 bits per heavy atom. The Morgan fingerprint density at radius 2 is 1.88 bits per heavy atom. The highest BCUT2D eigenvalue weighted by Crippen LogP contribution is 2.25. The summed E-state index contributed by atoms with van der Waals surface area (Å²) < 4.78 is 40.6. The average molecular weight is 368 g/mol. The number of benzene rings is 2. The second-order valence-electron chi connectivity index (χ2n) is 4.66. The molecule has 0 aliphatic rings. The zero-order valence-electron chi connectivity index (χ0n) is 11.9. The van der Waals surface area contributed by atoms with Gasteiger partial charge in [-0.3, -0.25) is 5.43 Å². The molecule has 24 heavy (non-hydrogen) atoms. The molecule has 3 aromatic rings. The molecular formula is C16H9ClF3N3S. The molecule has 1 aromatic heterocycles. The Kier molecular flexibility index (Phi) is 4.82. The van der Waals surface area contributed by atoms with E-state index < -0.39 is 28.0 Å². The van der Waals surface area contributed by atoms with Gasteiger partial charge in [-0.25, -0.2) is 18.2 Å². The lowest BCUT2D eigenvalue weighted by Crippen LogP contribution is -2.00. The van der Waals surface area contributed by atoms with Crippen LogP contribution in [0.5, 0.6) is 0 Å². The van der Waals surface area contributed by atoms with E-state index in [4.69, 9.17) is 11.6 Å². The molecule has 8 heteroatoms. The lowest BCUT2D eigenvalue weighted by Gasteiger charge is -2.02. The number of aromatic nitrogens is 1. The van der Waals surface area contributed by atoms with Crippen LogP contribution in [0.15, 0.2) is 46.9 Å².